The Hall–Kier alpha value is -1.68. The number of nitrogens with zero attached hydrogens (tertiary/aromatic N) is 3. The summed E-state index contributed by atoms with van der Waals surface area (Å²) in [6.07, 6.45) is 1.88. The molecule has 2 aromatic rings. The first kappa shape index (κ1) is 21.6. The number of benzene rings is 1. The molecule has 0 spiro atoms. The average molecular weight is 499 g/mol. The lowest BCUT2D eigenvalue weighted by Gasteiger charge is -2.32. The molecule has 1 aliphatic rings. The van der Waals surface area contributed by atoms with Crippen LogP contribution in [0.4, 0.5) is 0 Å². The van der Waals surface area contributed by atoms with Gasteiger partial charge < -0.3 is 15.5 Å². The van der Waals surface area contributed by atoms with Crippen LogP contribution >= 0.6 is 35.3 Å². The lowest BCUT2D eigenvalue weighted by Crippen LogP contribution is -2.49. The van der Waals surface area contributed by atoms with Crippen molar-refractivity contribution in [3.8, 4) is 10.6 Å². The molecule has 1 amide bonds. The van der Waals surface area contributed by atoms with Crippen molar-refractivity contribution in [1.82, 2.24) is 20.5 Å². The fourth-order valence-corrected chi connectivity index (χ4v) is 3.83. The maximum Gasteiger partial charge on any atom is 0.219 e. The third-order valence-corrected chi connectivity index (χ3v) is 5.45. The quantitative estimate of drug-likeness (QED) is 0.386. The smallest absolute Gasteiger partial charge is 0.219 e. The predicted molar refractivity (Wildman–Crippen MR) is 122 cm³/mol. The van der Waals surface area contributed by atoms with Gasteiger partial charge in [0.15, 0.2) is 5.96 Å². The van der Waals surface area contributed by atoms with E-state index >= 15 is 0 Å². The Morgan fingerprint density at radius 2 is 2.00 bits per heavy atom. The molecule has 1 aliphatic heterocycles. The number of carbonyl (C=O) groups is 1. The van der Waals surface area contributed by atoms with Gasteiger partial charge in [0.25, 0.3) is 0 Å². The summed E-state index contributed by atoms with van der Waals surface area (Å²) in [5.74, 6) is 0.934. The number of hydrogen-bond donors (Lipinski definition) is 2. The van der Waals surface area contributed by atoms with Crippen LogP contribution in [0.1, 0.15) is 25.5 Å². The Morgan fingerprint density at radius 1 is 1.30 bits per heavy atom. The molecule has 1 aromatic carbocycles. The number of hydrogen-bond acceptors (Lipinski definition) is 4. The van der Waals surface area contributed by atoms with E-state index in [2.05, 4.69) is 33.1 Å². The molecule has 3 rings (SSSR count). The van der Waals surface area contributed by atoms with Gasteiger partial charge in [-0.25, -0.2) is 4.98 Å². The van der Waals surface area contributed by atoms with Gasteiger partial charge in [-0.3, -0.25) is 9.79 Å². The molecule has 0 bridgehead atoms. The van der Waals surface area contributed by atoms with E-state index in [-0.39, 0.29) is 29.9 Å². The number of likely N-dealkylation sites (tertiary alicyclic amines) is 1. The molecule has 0 unspecified atom stereocenters. The molecule has 1 saturated heterocycles. The minimum atomic E-state index is 0. The van der Waals surface area contributed by atoms with Gasteiger partial charge in [-0.15, -0.1) is 35.3 Å². The zero-order valence-electron chi connectivity index (χ0n) is 15.6. The minimum absolute atomic E-state index is 0. The number of nitrogens with one attached hydrogen (secondary N) is 2. The molecule has 8 heteroatoms. The van der Waals surface area contributed by atoms with E-state index in [1.165, 1.54) is 0 Å². The maximum absolute atomic E-state index is 11.4. The third kappa shape index (κ3) is 6.17. The van der Waals surface area contributed by atoms with E-state index in [1.54, 1.807) is 25.3 Å². The van der Waals surface area contributed by atoms with E-state index in [4.69, 9.17) is 4.98 Å². The van der Waals surface area contributed by atoms with Crippen molar-refractivity contribution in [2.45, 2.75) is 32.4 Å². The second kappa shape index (κ2) is 10.6. The summed E-state index contributed by atoms with van der Waals surface area (Å²) < 4.78 is 0. The molecule has 6 nitrogen and oxygen atoms in total. The lowest BCUT2D eigenvalue weighted by molar-refractivity contribution is -0.129. The van der Waals surface area contributed by atoms with Crippen LogP contribution in [0.3, 0.4) is 0 Å². The van der Waals surface area contributed by atoms with Gasteiger partial charge in [0, 0.05) is 44.0 Å². The standard InChI is InChI=1S/C19H25N5OS.HI/c1-14(25)24-10-8-16(9-11-24)23-19(20-2)21-12-17-13-26-18(22-17)15-6-4-3-5-7-15;/h3-7,13,16H,8-12H2,1-2H3,(H2,20,21,23);1H. The molecule has 146 valence electrons. The van der Waals surface area contributed by atoms with Crippen molar-refractivity contribution in [3.63, 3.8) is 0 Å². The van der Waals surface area contributed by atoms with Crippen LogP contribution in [0.2, 0.25) is 0 Å². The van der Waals surface area contributed by atoms with Gasteiger partial charge in [-0.2, -0.15) is 0 Å². The van der Waals surface area contributed by atoms with Gasteiger partial charge in [0.2, 0.25) is 5.91 Å². The molecule has 2 N–H and O–H groups in total. The summed E-state index contributed by atoms with van der Waals surface area (Å²) in [5, 5.41) is 9.89. The summed E-state index contributed by atoms with van der Waals surface area (Å²) in [5.41, 5.74) is 2.15. The Kier molecular flexibility index (Phi) is 8.49. The molecule has 2 heterocycles. The molecule has 0 aliphatic carbocycles. The molecule has 1 aromatic heterocycles. The molecular formula is C19H26IN5OS. The van der Waals surface area contributed by atoms with Crippen LogP contribution in [-0.2, 0) is 11.3 Å². The van der Waals surface area contributed by atoms with Gasteiger partial charge in [0.1, 0.15) is 5.01 Å². The minimum Gasteiger partial charge on any atom is -0.354 e. The highest BCUT2D eigenvalue weighted by Crippen LogP contribution is 2.23. The van der Waals surface area contributed by atoms with Crippen LogP contribution < -0.4 is 10.6 Å². The van der Waals surface area contributed by atoms with Crippen LogP contribution in [0, 0.1) is 0 Å². The summed E-state index contributed by atoms with van der Waals surface area (Å²) in [6, 6.07) is 10.5. The van der Waals surface area contributed by atoms with Gasteiger partial charge in [-0.05, 0) is 12.8 Å². The van der Waals surface area contributed by atoms with E-state index in [0.29, 0.717) is 12.6 Å². The first-order valence-electron chi connectivity index (χ1n) is 8.88. The fourth-order valence-electron chi connectivity index (χ4n) is 3.00. The van der Waals surface area contributed by atoms with Gasteiger partial charge in [-0.1, -0.05) is 30.3 Å². The second-order valence-corrected chi connectivity index (χ2v) is 7.22. The maximum atomic E-state index is 11.4. The molecule has 0 atom stereocenters. The normalized spacial score (nSPS) is 15.2. The van der Waals surface area contributed by atoms with E-state index in [0.717, 1.165) is 48.2 Å². The van der Waals surface area contributed by atoms with Crippen molar-refractivity contribution >= 4 is 47.2 Å². The van der Waals surface area contributed by atoms with Crippen LogP contribution in [0.25, 0.3) is 10.6 Å². The molecule has 1 fully saturated rings. The van der Waals surface area contributed by atoms with Crippen molar-refractivity contribution in [1.29, 1.82) is 0 Å². The van der Waals surface area contributed by atoms with Crippen molar-refractivity contribution in [2.75, 3.05) is 20.1 Å². The highest BCUT2D eigenvalue weighted by molar-refractivity contribution is 14.0. The lowest BCUT2D eigenvalue weighted by atomic mass is 10.1. The number of amides is 1. The Bertz CT molecular complexity index is 756. The number of carbonyl (C=O) groups excluding carboxylic acids is 1. The van der Waals surface area contributed by atoms with Crippen molar-refractivity contribution < 1.29 is 4.79 Å². The molecule has 0 saturated carbocycles. The Balaban J connectivity index is 0.00000261. The summed E-state index contributed by atoms with van der Waals surface area (Å²) in [7, 11) is 1.77. The number of aliphatic imine (C=N–C) groups is 1. The SMILES string of the molecule is CN=C(NCc1csc(-c2ccccc2)n1)NC1CCN(C(C)=O)CC1.I. The molecule has 27 heavy (non-hydrogen) atoms. The summed E-state index contributed by atoms with van der Waals surface area (Å²) in [4.78, 5) is 22.3. The van der Waals surface area contributed by atoms with E-state index in [1.807, 2.05) is 23.1 Å². The van der Waals surface area contributed by atoms with Gasteiger partial charge >= 0.3 is 0 Å². The Morgan fingerprint density at radius 3 is 2.63 bits per heavy atom. The van der Waals surface area contributed by atoms with Gasteiger partial charge in [0.05, 0.1) is 12.2 Å². The van der Waals surface area contributed by atoms with E-state index < -0.39 is 0 Å². The number of rotatable bonds is 4. The fraction of sp³-hybridized carbons (Fsp3) is 0.421. The van der Waals surface area contributed by atoms with Crippen LogP contribution in [0.15, 0.2) is 40.7 Å². The molecular weight excluding hydrogens is 473 g/mol. The monoisotopic (exact) mass is 499 g/mol. The van der Waals surface area contributed by atoms with Crippen LogP contribution in [0.5, 0.6) is 0 Å². The number of aromatic nitrogens is 1. The highest BCUT2D eigenvalue weighted by Gasteiger charge is 2.21. The number of halogens is 1. The second-order valence-electron chi connectivity index (χ2n) is 6.36. The average Bonchev–Trinajstić information content (AvgIpc) is 3.15. The zero-order valence-corrected chi connectivity index (χ0v) is 18.8. The van der Waals surface area contributed by atoms with Crippen molar-refractivity contribution in [2.24, 2.45) is 4.99 Å². The third-order valence-electron chi connectivity index (χ3n) is 4.51. The van der Waals surface area contributed by atoms with Crippen molar-refractivity contribution in [3.05, 3.63) is 41.4 Å². The number of piperidine rings is 1. The highest BCUT2D eigenvalue weighted by atomic mass is 127. The largest absolute Gasteiger partial charge is 0.354 e. The summed E-state index contributed by atoms with van der Waals surface area (Å²) >= 11 is 1.65. The van der Waals surface area contributed by atoms with Crippen LogP contribution in [-0.4, -0.2) is 47.9 Å². The number of thiazole rings is 1. The molecule has 0 radical (unpaired) electrons. The first-order valence-corrected chi connectivity index (χ1v) is 9.76. The topological polar surface area (TPSA) is 69.6 Å². The number of guanidine groups is 1. The zero-order chi connectivity index (χ0) is 18.4. The first-order chi connectivity index (χ1) is 12.7. The van der Waals surface area contributed by atoms with E-state index in [9.17, 15) is 4.79 Å². The summed E-state index contributed by atoms with van der Waals surface area (Å²) in [6.45, 7) is 3.87. The predicted octanol–water partition coefficient (Wildman–Crippen LogP) is 3.10. The Labute approximate surface area is 181 Å².